The van der Waals surface area contributed by atoms with Crippen molar-refractivity contribution in [3.8, 4) is 0 Å². The normalized spacial score (nSPS) is 51.0. The molecule has 6 heteroatoms. The van der Waals surface area contributed by atoms with Crippen LogP contribution in [0, 0.1) is 28.6 Å². The van der Waals surface area contributed by atoms with Crippen molar-refractivity contribution in [3.63, 3.8) is 0 Å². The van der Waals surface area contributed by atoms with Crippen molar-refractivity contribution < 1.29 is 29.6 Å². The van der Waals surface area contributed by atoms with Gasteiger partial charge in [-0.2, -0.15) is 0 Å². The summed E-state index contributed by atoms with van der Waals surface area (Å²) in [7, 11) is 0. The molecule has 0 bridgehead atoms. The first kappa shape index (κ1) is 19.0. The molecule has 5 nitrogen and oxygen atoms in total. The molecule has 0 aliphatic heterocycles. The second-order valence-corrected chi connectivity index (χ2v) is 9.11. The highest BCUT2D eigenvalue weighted by atomic mass is 19.1. The molecule has 4 aliphatic rings. The Kier molecular flexibility index (Phi) is 4.10. The van der Waals surface area contributed by atoms with Crippen LogP contribution in [0.4, 0.5) is 4.39 Å². The first-order valence-corrected chi connectivity index (χ1v) is 9.59. The van der Waals surface area contributed by atoms with Gasteiger partial charge in [0.25, 0.3) is 0 Å². The van der Waals surface area contributed by atoms with Crippen molar-refractivity contribution in [1.82, 2.24) is 0 Å². The number of ketones is 1. The summed E-state index contributed by atoms with van der Waals surface area (Å²) in [5.74, 6) is -2.02. The van der Waals surface area contributed by atoms with Crippen molar-refractivity contribution in [2.75, 3.05) is 6.61 Å². The molecule has 0 aromatic rings. The van der Waals surface area contributed by atoms with E-state index in [4.69, 9.17) is 0 Å². The van der Waals surface area contributed by atoms with Crippen molar-refractivity contribution in [3.05, 3.63) is 35.7 Å². The Morgan fingerprint density at radius 3 is 2.67 bits per heavy atom. The van der Waals surface area contributed by atoms with Crippen molar-refractivity contribution >= 4 is 5.78 Å². The van der Waals surface area contributed by atoms with E-state index < -0.39 is 41.0 Å². The van der Waals surface area contributed by atoms with E-state index in [2.05, 4.69) is 0 Å². The van der Waals surface area contributed by atoms with Crippen LogP contribution in [-0.2, 0) is 4.79 Å². The summed E-state index contributed by atoms with van der Waals surface area (Å²) < 4.78 is 15.0. The number of carbonyl (C=O) groups excluding carboxylic acids is 1. The average molecular weight is 378 g/mol. The standard InChI is InChI=1S/C21H27FO5/c1-19-6-4-3-5-12(19)14(22)7-11-13-8-16(25)21(27,17(26)10-23)20(13,2)9-15(24)18(11)19/h3-6,11,13,15-16,18,23-25,27H,7-10H2,1-2H3/t11-,13-,15-,16+,18+,19-,20-,21-/m0/s1. The minimum absolute atomic E-state index is 0.111. The Morgan fingerprint density at radius 1 is 1.30 bits per heavy atom. The fraction of sp³-hybridized carbons (Fsp3) is 0.667. The molecule has 4 N–H and O–H groups in total. The van der Waals surface area contributed by atoms with Crippen LogP contribution in [0.3, 0.4) is 0 Å². The zero-order valence-corrected chi connectivity index (χ0v) is 15.6. The third kappa shape index (κ3) is 2.15. The maximum atomic E-state index is 15.0. The summed E-state index contributed by atoms with van der Waals surface area (Å²) in [6.45, 7) is 2.71. The van der Waals surface area contributed by atoms with E-state index in [-0.39, 0.29) is 42.8 Å². The van der Waals surface area contributed by atoms with Crippen LogP contribution in [0.15, 0.2) is 35.7 Å². The highest BCUT2D eigenvalue weighted by Gasteiger charge is 2.71. The van der Waals surface area contributed by atoms with Crippen LogP contribution in [-0.4, -0.2) is 50.6 Å². The molecule has 0 aromatic carbocycles. The maximum absolute atomic E-state index is 15.0. The third-order valence-corrected chi connectivity index (χ3v) is 8.04. The summed E-state index contributed by atoms with van der Waals surface area (Å²) in [4.78, 5) is 12.4. The Labute approximate surface area is 157 Å². The van der Waals surface area contributed by atoms with Gasteiger partial charge in [0.2, 0.25) is 0 Å². The summed E-state index contributed by atoms with van der Waals surface area (Å²) in [6, 6.07) is 0. The smallest absolute Gasteiger partial charge is 0.192 e. The first-order chi connectivity index (χ1) is 12.6. The second-order valence-electron chi connectivity index (χ2n) is 9.11. The lowest BCUT2D eigenvalue weighted by molar-refractivity contribution is -0.189. The lowest BCUT2D eigenvalue weighted by Crippen LogP contribution is -2.63. The first-order valence-electron chi connectivity index (χ1n) is 9.59. The predicted octanol–water partition coefficient (Wildman–Crippen LogP) is 1.42. The monoisotopic (exact) mass is 378 g/mol. The summed E-state index contributed by atoms with van der Waals surface area (Å²) in [6.07, 6.45) is 5.46. The number of halogens is 1. The molecule has 4 rings (SSSR count). The van der Waals surface area contributed by atoms with Gasteiger partial charge >= 0.3 is 0 Å². The van der Waals surface area contributed by atoms with E-state index in [1.54, 1.807) is 19.1 Å². The number of aliphatic hydroxyl groups excluding tert-OH is 3. The highest BCUT2D eigenvalue weighted by Crippen LogP contribution is 2.67. The van der Waals surface area contributed by atoms with E-state index in [9.17, 15) is 25.2 Å². The molecule has 0 spiro atoms. The molecular formula is C21H27FO5. The molecule has 0 saturated heterocycles. The van der Waals surface area contributed by atoms with Gasteiger partial charge in [0, 0.05) is 23.2 Å². The Bertz CT molecular complexity index is 773. The molecule has 0 amide bonds. The van der Waals surface area contributed by atoms with Gasteiger partial charge in [0.15, 0.2) is 11.4 Å². The summed E-state index contributed by atoms with van der Waals surface area (Å²) in [5.41, 5.74) is -3.36. The molecule has 0 unspecified atom stereocenters. The molecule has 0 heterocycles. The van der Waals surface area contributed by atoms with Gasteiger partial charge in [-0.1, -0.05) is 38.2 Å². The summed E-state index contributed by atoms with van der Waals surface area (Å²) >= 11 is 0. The van der Waals surface area contributed by atoms with Crippen molar-refractivity contribution in [2.24, 2.45) is 28.6 Å². The van der Waals surface area contributed by atoms with E-state index in [0.29, 0.717) is 5.57 Å². The number of aliphatic hydroxyl groups is 4. The molecule has 2 fully saturated rings. The molecule has 0 radical (unpaired) electrons. The van der Waals surface area contributed by atoms with Gasteiger partial charge in [-0.05, 0) is 30.3 Å². The molecule has 148 valence electrons. The maximum Gasteiger partial charge on any atom is 0.192 e. The van der Waals surface area contributed by atoms with Crippen molar-refractivity contribution in [1.29, 1.82) is 0 Å². The predicted molar refractivity (Wildman–Crippen MR) is 96.0 cm³/mol. The summed E-state index contributed by atoms with van der Waals surface area (Å²) in [5, 5.41) is 42.2. The molecule has 8 atom stereocenters. The highest BCUT2D eigenvalue weighted by molar-refractivity contribution is 5.90. The minimum Gasteiger partial charge on any atom is -0.393 e. The quantitative estimate of drug-likeness (QED) is 0.583. The Balaban J connectivity index is 1.83. The van der Waals surface area contributed by atoms with Gasteiger partial charge < -0.3 is 20.4 Å². The van der Waals surface area contributed by atoms with E-state index in [0.717, 1.165) is 0 Å². The fourth-order valence-electron chi connectivity index (χ4n) is 6.79. The molecule has 2 saturated carbocycles. The van der Waals surface area contributed by atoms with Gasteiger partial charge in [0.1, 0.15) is 12.4 Å². The van der Waals surface area contributed by atoms with Crippen LogP contribution < -0.4 is 0 Å². The number of Topliss-reactive ketones (excluding diaryl/α,β-unsaturated/α-hetero) is 1. The van der Waals surface area contributed by atoms with Gasteiger partial charge in [-0.3, -0.25) is 4.79 Å². The van der Waals surface area contributed by atoms with Crippen LogP contribution in [0.25, 0.3) is 0 Å². The second kappa shape index (κ2) is 5.83. The topological polar surface area (TPSA) is 98.0 Å². The number of hydrogen-bond acceptors (Lipinski definition) is 5. The minimum atomic E-state index is -2.14. The van der Waals surface area contributed by atoms with Crippen LogP contribution in [0.5, 0.6) is 0 Å². The third-order valence-electron chi connectivity index (χ3n) is 8.04. The molecule has 4 aliphatic carbocycles. The van der Waals surface area contributed by atoms with Crippen LogP contribution >= 0.6 is 0 Å². The number of fused-ring (bicyclic) bond motifs is 5. The van der Waals surface area contributed by atoms with Gasteiger partial charge in [-0.25, -0.2) is 4.39 Å². The van der Waals surface area contributed by atoms with E-state index in [1.807, 2.05) is 19.1 Å². The zero-order chi connectivity index (χ0) is 19.8. The number of carbonyl (C=O) groups is 1. The molecule has 0 aromatic heterocycles. The molecular weight excluding hydrogens is 351 g/mol. The molecule has 27 heavy (non-hydrogen) atoms. The lowest BCUT2D eigenvalue weighted by Gasteiger charge is -2.58. The SMILES string of the molecule is C[C@]12C=CC=CC1=C(F)C[C@@H]1[C@@H]2[C@@H](O)C[C@@]2(C)[C@H]1C[C@@H](O)[C@]2(O)C(=O)CO. The Hall–Kier alpha value is -1.34. The number of rotatable bonds is 2. The van der Waals surface area contributed by atoms with E-state index in [1.165, 1.54) is 0 Å². The largest absolute Gasteiger partial charge is 0.393 e. The number of hydrogen-bond donors (Lipinski definition) is 4. The van der Waals surface area contributed by atoms with Crippen LogP contribution in [0.2, 0.25) is 0 Å². The van der Waals surface area contributed by atoms with E-state index >= 15 is 4.39 Å². The zero-order valence-electron chi connectivity index (χ0n) is 15.6. The van der Waals surface area contributed by atoms with Gasteiger partial charge in [-0.15, -0.1) is 0 Å². The average Bonchev–Trinajstić information content (AvgIpc) is 2.82. The van der Waals surface area contributed by atoms with Crippen LogP contribution in [0.1, 0.15) is 33.1 Å². The van der Waals surface area contributed by atoms with Crippen molar-refractivity contribution in [2.45, 2.75) is 50.9 Å². The lowest BCUT2D eigenvalue weighted by atomic mass is 9.47. The van der Waals surface area contributed by atoms with Gasteiger partial charge in [0.05, 0.1) is 12.2 Å². The Morgan fingerprint density at radius 2 is 2.00 bits per heavy atom. The fourth-order valence-corrected chi connectivity index (χ4v) is 6.79. The number of allylic oxidation sites excluding steroid dienone is 6.